The Bertz CT molecular complexity index is 1270. The van der Waals surface area contributed by atoms with E-state index in [0.29, 0.717) is 35.2 Å². The Hall–Kier alpha value is -3.01. The summed E-state index contributed by atoms with van der Waals surface area (Å²) < 4.78 is 44.2. The highest BCUT2D eigenvalue weighted by Gasteiger charge is 2.40. The normalized spacial score (nSPS) is 13.6. The van der Waals surface area contributed by atoms with Crippen molar-refractivity contribution in [2.45, 2.75) is 36.7 Å². The number of nitrogens with zero attached hydrogens (tertiary/aromatic N) is 2. The molecule has 1 heterocycles. The van der Waals surface area contributed by atoms with Crippen LogP contribution in [0.4, 0.5) is 0 Å². The molecule has 0 saturated heterocycles. The fourth-order valence-corrected chi connectivity index (χ4v) is 5.69. The highest BCUT2D eigenvalue weighted by molar-refractivity contribution is 7.89. The van der Waals surface area contributed by atoms with Crippen LogP contribution in [0, 0.1) is 0 Å². The molecule has 8 nitrogen and oxygen atoms in total. The van der Waals surface area contributed by atoms with E-state index in [0.717, 1.165) is 18.4 Å². The van der Waals surface area contributed by atoms with E-state index in [-0.39, 0.29) is 29.9 Å². The quantitative estimate of drug-likeness (QED) is 0.344. The van der Waals surface area contributed by atoms with E-state index in [2.05, 4.69) is 0 Å². The summed E-state index contributed by atoms with van der Waals surface area (Å²) in [5.74, 6) is 1.55. The maximum absolute atomic E-state index is 13.5. The molecule has 1 fully saturated rings. The number of furan rings is 1. The van der Waals surface area contributed by atoms with Crippen LogP contribution in [0.2, 0.25) is 5.02 Å². The van der Waals surface area contributed by atoms with Gasteiger partial charge in [0, 0.05) is 17.6 Å². The van der Waals surface area contributed by atoms with E-state index in [1.54, 1.807) is 37.5 Å². The van der Waals surface area contributed by atoms with E-state index < -0.39 is 10.0 Å². The zero-order valence-electron chi connectivity index (χ0n) is 20.2. The van der Waals surface area contributed by atoms with Gasteiger partial charge in [-0.2, -0.15) is 4.31 Å². The Morgan fingerprint density at radius 2 is 1.78 bits per heavy atom. The smallest absolute Gasteiger partial charge is 0.243 e. The standard InChI is InChI=1S/C26H29ClN2O6S/c1-33-24-12-5-19(16-25(24)34-2)13-14-28(17-22-4-3-15-35-22)26(30)18-29(21-8-9-21)36(31,32)23-10-6-20(27)7-11-23/h3-7,10-12,15-16,21H,8-9,13-14,17-18H2,1-2H3. The number of rotatable bonds is 12. The van der Waals surface area contributed by atoms with Crippen LogP contribution in [-0.4, -0.2) is 56.9 Å². The first-order chi connectivity index (χ1) is 17.3. The minimum atomic E-state index is -3.86. The number of ether oxygens (including phenoxy) is 2. The van der Waals surface area contributed by atoms with Gasteiger partial charge in [0.2, 0.25) is 15.9 Å². The fourth-order valence-electron chi connectivity index (χ4n) is 3.93. The number of carbonyl (C=O) groups excluding carboxylic acids is 1. The number of methoxy groups -OCH3 is 2. The third-order valence-electron chi connectivity index (χ3n) is 6.06. The van der Waals surface area contributed by atoms with E-state index in [4.69, 9.17) is 25.5 Å². The van der Waals surface area contributed by atoms with Crippen LogP contribution in [0.5, 0.6) is 11.5 Å². The molecule has 0 atom stereocenters. The summed E-state index contributed by atoms with van der Waals surface area (Å²) in [6, 6.07) is 15.0. The highest BCUT2D eigenvalue weighted by atomic mass is 35.5. The van der Waals surface area contributed by atoms with Crippen LogP contribution < -0.4 is 9.47 Å². The first-order valence-electron chi connectivity index (χ1n) is 11.6. The SMILES string of the molecule is COc1ccc(CCN(Cc2ccco2)C(=O)CN(C2CC2)S(=O)(=O)c2ccc(Cl)cc2)cc1OC. The van der Waals surface area contributed by atoms with E-state index in [1.165, 1.54) is 28.6 Å². The zero-order valence-corrected chi connectivity index (χ0v) is 21.8. The summed E-state index contributed by atoms with van der Waals surface area (Å²) in [4.78, 5) is 15.2. The van der Waals surface area contributed by atoms with E-state index >= 15 is 0 Å². The minimum absolute atomic E-state index is 0.120. The van der Waals surface area contributed by atoms with Gasteiger partial charge in [-0.1, -0.05) is 17.7 Å². The number of carbonyl (C=O) groups is 1. The number of halogens is 1. The van der Waals surface area contributed by atoms with Crippen molar-refractivity contribution in [1.82, 2.24) is 9.21 Å². The predicted octanol–water partition coefficient (Wildman–Crippen LogP) is 4.37. The molecule has 2 aromatic carbocycles. The summed E-state index contributed by atoms with van der Waals surface area (Å²) in [5.41, 5.74) is 0.956. The van der Waals surface area contributed by atoms with E-state index in [9.17, 15) is 13.2 Å². The molecule has 0 N–H and O–H groups in total. The molecule has 10 heteroatoms. The average Bonchev–Trinajstić information content (AvgIpc) is 3.59. The van der Waals surface area contributed by atoms with Gasteiger partial charge in [-0.3, -0.25) is 4.79 Å². The molecule has 1 aromatic heterocycles. The van der Waals surface area contributed by atoms with Gasteiger partial charge >= 0.3 is 0 Å². The van der Waals surface area contributed by atoms with Crippen LogP contribution in [-0.2, 0) is 27.8 Å². The average molecular weight is 533 g/mol. The van der Waals surface area contributed by atoms with Crippen molar-refractivity contribution in [1.29, 1.82) is 0 Å². The first-order valence-corrected chi connectivity index (χ1v) is 13.4. The molecule has 1 aliphatic rings. The molecule has 1 amide bonds. The monoisotopic (exact) mass is 532 g/mol. The van der Waals surface area contributed by atoms with Gasteiger partial charge in [-0.05, 0) is 73.4 Å². The molecule has 0 aliphatic heterocycles. The lowest BCUT2D eigenvalue weighted by atomic mass is 10.1. The number of benzene rings is 2. The Morgan fingerprint density at radius 3 is 2.39 bits per heavy atom. The molecule has 0 radical (unpaired) electrons. The highest BCUT2D eigenvalue weighted by Crippen LogP contribution is 2.32. The van der Waals surface area contributed by atoms with Crippen LogP contribution >= 0.6 is 11.6 Å². The largest absolute Gasteiger partial charge is 0.493 e. The minimum Gasteiger partial charge on any atom is -0.493 e. The Labute approximate surface area is 216 Å². The van der Waals surface area contributed by atoms with Gasteiger partial charge in [0.25, 0.3) is 0 Å². The molecule has 0 bridgehead atoms. The second-order valence-electron chi connectivity index (χ2n) is 8.57. The van der Waals surface area contributed by atoms with Crippen molar-refractivity contribution >= 4 is 27.5 Å². The lowest BCUT2D eigenvalue weighted by Gasteiger charge is -2.27. The van der Waals surface area contributed by atoms with Crippen LogP contribution in [0.25, 0.3) is 0 Å². The van der Waals surface area contributed by atoms with Gasteiger partial charge in [0.1, 0.15) is 5.76 Å². The molecule has 0 spiro atoms. The Balaban J connectivity index is 1.53. The van der Waals surface area contributed by atoms with Gasteiger partial charge in [-0.15, -0.1) is 0 Å². The molecule has 1 aliphatic carbocycles. The number of hydrogen-bond donors (Lipinski definition) is 0. The summed E-state index contributed by atoms with van der Waals surface area (Å²) in [7, 11) is -0.710. The van der Waals surface area contributed by atoms with Gasteiger partial charge in [0.05, 0.1) is 38.5 Å². The van der Waals surface area contributed by atoms with Crippen LogP contribution in [0.15, 0.2) is 70.2 Å². The molecule has 36 heavy (non-hydrogen) atoms. The van der Waals surface area contributed by atoms with Crippen molar-refractivity contribution in [2.24, 2.45) is 0 Å². The first kappa shape index (κ1) is 26.1. The van der Waals surface area contributed by atoms with Gasteiger partial charge < -0.3 is 18.8 Å². The van der Waals surface area contributed by atoms with Crippen LogP contribution in [0.1, 0.15) is 24.2 Å². The van der Waals surface area contributed by atoms with Crippen molar-refractivity contribution in [2.75, 3.05) is 27.3 Å². The second kappa shape index (κ2) is 11.4. The Kier molecular flexibility index (Phi) is 8.23. The maximum Gasteiger partial charge on any atom is 0.243 e. The summed E-state index contributed by atoms with van der Waals surface area (Å²) in [6.07, 6.45) is 3.54. The summed E-state index contributed by atoms with van der Waals surface area (Å²) >= 11 is 5.94. The second-order valence-corrected chi connectivity index (χ2v) is 10.9. The zero-order chi connectivity index (χ0) is 25.7. The molecule has 4 rings (SSSR count). The lowest BCUT2D eigenvalue weighted by Crippen LogP contribution is -2.44. The summed E-state index contributed by atoms with van der Waals surface area (Å²) in [6.45, 7) is 0.357. The van der Waals surface area contributed by atoms with Crippen molar-refractivity contribution in [3.8, 4) is 11.5 Å². The van der Waals surface area contributed by atoms with Crippen molar-refractivity contribution in [3.05, 3.63) is 77.2 Å². The molecular formula is C26H29ClN2O6S. The van der Waals surface area contributed by atoms with Crippen molar-refractivity contribution in [3.63, 3.8) is 0 Å². The molecular weight excluding hydrogens is 504 g/mol. The lowest BCUT2D eigenvalue weighted by molar-refractivity contribution is -0.132. The summed E-state index contributed by atoms with van der Waals surface area (Å²) in [5, 5.41) is 0.447. The number of sulfonamides is 1. The molecule has 0 unspecified atom stereocenters. The van der Waals surface area contributed by atoms with Crippen LogP contribution in [0.3, 0.4) is 0 Å². The maximum atomic E-state index is 13.5. The fraction of sp³-hybridized carbons (Fsp3) is 0.346. The number of hydrogen-bond acceptors (Lipinski definition) is 6. The topological polar surface area (TPSA) is 89.3 Å². The third-order valence-corrected chi connectivity index (χ3v) is 8.23. The molecule has 1 saturated carbocycles. The van der Waals surface area contributed by atoms with E-state index in [1.807, 2.05) is 18.2 Å². The predicted molar refractivity (Wildman–Crippen MR) is 136 cm³/mol. The molecule has 3 aromatic rings. The third kappa shape index (κ3) is 6.21. The number of amides is 1. The van der Waals surface area contributed by atoms with Gasteiger partial charge in [0.15, 0.2) is 11.5 Å². The Morgan fingerprint density at radius 1 is 1.06 bits per heavy atom. The van der Waals surface area contributed by atoms with Crippen molar-refractivity contribution < 1.29 is 27.1 Å². The van der Waals surface area contributed by atoms with Gasteiger partial charge in [-0.25, -0.2) is 8.42 Å². The molecule has 192 valence electrons.